The molecule has 5 heteroatoms. The fourth-order valence-electron chi connectivity index (χ4n) is 2.57. The second-order valence-corrected chi connectivity index (χ2v) is 6.29. The van der Waals surface area contributed by atoms with Gasteiger partial charge in [-0.3, -0.25) is 0 Å². The van der Waals surface area contributed by atoms with Gasteiger partial charge >= 0.3 is 0 Å². The Hall–Kier alpha value is -1.39. The van der Waals surface area contributed by atoms with Crippen LogP contribution >= 0.6 is 22.9 Å². The smallest absolute Gasteiger partial charge is 0.125 e. The second kappa shape index (κ2) is 6.16. The molecule has 0 saturated heterocycles. The van der Waals surface area contributed by atoms with E-state index in [1.165, 1.54) is 22.6 Å². The highest BCUT2D eigenvalue weighted by molar-refractivity contribution is 7.10. The highest BCUT2D eigenvalue weighted by Gasteiger charge is 2.13. The van der Waals surface area contributed by atoms with Gasteiger partial charge in [-0.2, -0.15) is 0 Å². The van der Waals surface area contributed by atoms with Crippen LogP contribution in [0.1, 0.15) is 23.2 Å². The number of aromatic nitrogens is 2. The van der Waals surface area contributed by atoms with E-state index < -0.39 is 0 Å². The van der Waals surface area contributed by atoms with Crippen molar-refractivity contribution in [2.75, 3.05) is 5.88 Å². The molecule has 0 aliphatic carbocycles. The number of rotatable bonds is 5. The monoisotopic (exact) mass is 322 g/mol. The lowest BCUT2D eigenvalue weighted by atomic mass is 10.2. The van der Waals surface area contributed by atoms with E-state index in [9.17, 15) is 4.39 Å². The maximum Gasteiger partial charge on any atom is 0.125 e. The van der Waals surface area contributed by atoms with Gasteiger partial charge in [0.1, 0.15) is 11.6 Å². The van der Waals surface area contributed by atoms with Gasteiger partial charge in [0.25, 0.3) is 0 Å². The highest BCUT2D eigenvalue weighted by atomic mass is 35.5. The van der Waals surface area contributed by atoms with E-state index >= 15 is 0 Å². The maximum absolute atomic E-state index is 13.4. The Bertz CT molecular complexity index is 763. The van der Waals surface area contributed by atoms with Crippen molar-refractivity contribution in [3.8, 4) is 0 Å². The summed E-state index contributed by atoms with van der Waals surface area (Å²) in [7, 11) is 0. The molecule has 0 aliphatic heterocycles. The number of alkyl halides is 1. The lowest BCUT2D eigenvalue weighted by molar-refractivity contribution is 0.629. The predicted octanol–water partition coefficient (Wildman–Crippen LogP) is 4.63. The SMILES string of the molecule is CCc1ccsc1Cn1c(CCCl)nc2cc(F)ccc21. The molecule has 3 rings (SSSR count). The van der Waals surface area contributed by atoms with Crippen molar-refractivity contribution in [2.24, 2.45) is 0 Å². The van der Waals surface area contributed by atoms with E-state index in [0.717, 1.165) is 24.3 Å². The van der Waals surface area contributed by atoms with Crippen molar-refractivity contribution in [2.45, 2.75) is 26.3 Å². The van der Waals surface area contributed by atoms with Crippen molar-refractivity contribution in [1.82, 2.24) is 9.55 Å². The Balaban J connectivity index is 2.08. The molecular weight excluding hydrogens is 307 g/mol. The van der Waals surface area contributed by atoms with Crippen LogP contribution < -0.4 is 0 Å². The van der Waals surface area contributed by atoms with Gasteiger partial charge in [-0.25, -0.2) is 9.37 Å². The van der Waals surface area contributed by atoms with E-state index in [-0.39, 0.29) is 5.82 Å². The number of fused-ring (bicyclic) bond motifs is 1. The van der Waals surface area contributed by atoms with Crippen molar-refractivity contribution in [1.29, 1.82) is 0 Å². The number of hydrogen-bond donors (Lipinski definition) is 0. The first-order chi connectivity index (χ1) is 10.2. The number of nitrogens with zero attached hydrogens (tertiary/aromatic N) is 2. The first kappa shape index (κ1) is 14.5. The number of halogens is 2. The molecular formula is C16H16ClFN2S. The number of thiophene rings is 1. The van der Waals surface area contributed by atoms with Crippen LogP contribution in [0.3, 0.4) is 0 Å². The summed E-state index contributed by atoms with van der Waals surface area (Å²) in [5.41, 5.74) is 3.03. The molecule has 0 bridgehead atoms. The minimum Gasteiger partial charge on any atom is -0.323 e. The molecule has 0 amide bonds. The average Bonchev–Trinajstić information content (AvgIpc) is 3.04. The van der Waals surface area contributed by atoms with Gasteiger partial charge in [-0.15, -0.1) is 22.9 Å². The zero-order chi connectivity index (χ0) is 14.8. The van der Waals surface area contributed by atoms with Crippen molar-refractivity contribution >= 4 is 34.0 Å². The molecule has 2 heterocycles. The Morgan fingerprint density at radius 1 is 1.33 bits per heavy atom. The minimum atomic E-state index is -0.255. The summed E-state index contributed by atoms with van der Waals surface area (Å²) in [5.74, 6) is 1.17. The first-order valence-corrected chi connectivity index (χ1v) is 8.40. The van der Waals surface area contributed by atoms with Gasteiger partial charge < -0.3 is 4.57 Å². The molecule has 3 aromatic rings. The summed E-state index contributed by atoms with van der Waals surface area (Å²) in [4.78, 5) is 5.87. The molecule has 0 unspecified atom stereocenters. The van der Waals surface area contributed by atoms with Crippen LogP contribution in [0, 0.1) is 5.82 Å². The fraction of sp³-hybridized carbons (Fsp3) is 0.312. The summed E-state index contributed by atoms with van der Waals surface area (Å²) in [6.07, 6.45) is 1.70. The molecule has 0 fully saturated rings. The third-order valence-electron chi connectivity index (χ3n) is 3.63. The van der Waals surface area contributed by atoms with Crippen molar-refractivity contribution in [3.63, 3.8) is 0 Å². The third-order valence-corrected chi connectivity index (χ3v) is 4.76. The number of benzene rings is 1. The van der Waals surface area contributed by atoms with Crippen LogP contribution in [0.15, 0.2) is 29.6 Å². The number of imidazole rings is 1. The molecule has 0 aliphatic rings. The Morgan fingerprint density at radius 3 is 2.95 bits per heavy atom. The molecule has 1 aromatic carbocycles. The summed E-state index contributed by atoms with van der Waals surface area (Å²) >= 11 is 7.64. The van der Waals surface area contributed by atoms with Crippen LogP contribution in [-0.2, 0) is 19.4 Å². The standard InChI is InChI=1S/C16H16ClFN2S/c1-2-11-6-8-21-15(11)10-20-14-4-3-12(18)9-13(14)19-16(20)5-7-17/h3-4,6,8-9H,2,5,7,10H2,1H3. The lowest BCUT2D eigenvalue weighted by Gasteiger charge is -2.09. The van der Waals surface area contributed by atoms with E-state index in [1.54, 1.807) is 17.4 Å². The molecule has 21 heavy (non-hydrogen) atoms. The molecule has 2 nitrogen and oxygen atoms in total. The first-order valence-electron chi connectivity index (χ1n) is 6.98. The lowest BCUT2D eigenvalue weighted by Crippen LogP contribution is -2.06. The zero-order valence-electron chi connectivity index (χ0n) is 11.8. The molecule has 0 saturated carbocycles. The largest absolute Gasteiger partial charge is 0.323 e. The average molecular weight is 323 g/mol. The fourth-order valence-corrected chi connectivity index (χ4v) is 3.70. The van der Waals surface area contributed by atoms with Crippen LogP contribution in [0.2, 0.25) is 0 Å². The summed E-state index contributed by atoms with van der Waals surface area (Å²) in [6, 6.07) is 6.94. The van der Waals surface area contributed by atoms with Crippen molar-refractivity contribution in [3.05, 3.63) is 51.7 Å². The maximum atomic E-state index is 13.4. The summed E-state index contributed by atoms with van der Waals surface area (Å²) < 4.78 is 15.5. The topological polar surface area (TPSA) is 17.8 Å². The van der Waals surface area contributed by atoms with E-state index in [1.807, 2.05) is 0 Å². The van der Waals surface area contributed by atoms with Crippen molar-refractivity contribution < 1.29 is 4.39 Å². The second-order valence-electron chi connectivity index (χ2n) is 4.91. The van der Waals surface area contributed by atoms with Crippen LogP contribution in [0.5, 0.6) is 0 Å². The third kappa shape index (κ3) is 2.83. The predicted molar refractivity (Wildman–Crippen MR) is 86.9 cm³/mol. The van der Waals surface area contributed by atoms with Crippen LogP contribution in [0.4, 0.5) is 4.39 Å². The molecule has 0 radical (unpaired) electrons. The van der Waals surface area contributed by atoms with Gasteiger partial charge in [0.15, 0.2) is 0 Å². The minimum absolute atomic E-state index is 0.255. The molecule has 2 aromatic heterocycles. The van der Waals surface area contributed by atoms with Crippen LogP contribution in [0.25, 0.3) is 11.0 Å². The molecule has 0 atom stereocenters. The van der Waals surface area contributed by atoms with Gasteiger partial charge in [0.05, 0.1) is 17.6 Å². The molecule has 0 spiro atoms. The van der Waals surface area contributed by atoms with Gasteiger partial charge in [-0.1, -0.05) is 6.92 Å². The summed E-state index contributed by atoms with van der Waals surface area (Å²) in [6.45, 7) is 2.93. The van der Waals surface area contributed by atoms with Gasteiger partial charge in [0, 0.05) is 23.2 Å². The Labute approximate surface area is 132 Å². The summed E-state index contributed by atoms with van der Waals surface area (Å²) in [5, 5.41) is 2.12. The number of aryl methyl sites for hydroxylation is 2. The van der Waals surface area contributed by atoms with Gasteiger partial charge in [0.2, 0.25) is 0 Å². The highest BCUT2D eigenvalue weighted by Crippen LogP contribution is 2.24. The Morgan fingerprint density at radius 2 is 2.19 bits per heavy atom. The van der Waals surface area contributed by atoms with E-state index in [0.29, 0.717) is 17.8 Å². The van der Waals surface area contributed by atoms with E-state index in [4.69, 9.17) is 11.6 Å². The number of hydrogen-bond acceptors (Lipinski definition) is 2. The van der Waals surface area contributed by atoms with Crippen LogP contribution in [-0.4, -0.2) is 15.4 Å². The Kier molecular flexibility index (Phi) is 4.27. The normalized spacial score (nSPS) is 11.4. The van der Waals surface area contributed by atoms with E-state index in [2.05, 4.69) is 27.9 Å². The molecule has 110 valence electrons. The quantitative estimate of drug-likeness (QED) is 0.626. The van der Waals surface area contributed by atoms with Gasteiger partial charge in [-0.05, 0) is 35.6 Å². The zero-order valence-corrected chi connectivity index (χ0v) is 13.3. The molecule has 0 N–H and O–H groups in total.